The minimum atomic E-state index is 0.0517. The highest BCUT2D eigenvalue weighted by molar-refractivity contribution is 5.80. The van der Waals surface area contributed by atoms with Crippen LogP contribution in [0.15, 0.2) is 24.8 Å². The van der Waals surface area contributed by atoms with Gasteiger partial charge in [-0.2, -0.15) is 0 Å². The first-order valence-corrected chi connectivity index (χ1v) is 10.3. The third kappa shape index (κ3) is 4.31. The van der Waals surface area contributed by atoms with Gasteiger partial charge in [-0.15, -0.1) is 0 Å². The molecule has 2 aliphatic rings. The molecule has 0 saturated carbocycles. The Balaban J connectivity index is 1.33. The molecular weight excluding hydrogens is 368 g/mol. The van der Waals surface area contributed by atoms with E-state index >= 15 is 0 Å². The van der Waals surface area contributed by atoms with Crippen molar-refractivity contribution in [2.45, 2.75) is 32.6 Å². The van der Waals surface area contributed by atoms with Crippen LogP contribution in [0, 0.1) is 11.8 Å². The second-order valence-corrected chi connectivity index (χ2v) is 8.18. The largest absolute Gasteiger partial charge is 0.343 e. The molecule has 0 radical (unpaired) electrons. The maximum atomic E-state index is 12.9. The predicted octanol–water partition coefficient (Wildman–Crippen LogP) is 1.53. The number of carbonyl (C=O) groups excluding carboxylic acids is 2. The minimum absolute atomic E-state index is 0.0517. The maximum absolute atomic E-state index is 12.9. The van der Waals surface area contributed by atoms with Crippen molar-refractivity contribution < 1.29 is 9.59 Å². The molecule has 2 aromatic rings. The lowest BCUT2D eigenvalue weighted by molar-refractivity contribution is -0.139. The summed E-state index contributed by atoms with van der Waals surface area (Å²) >= 11 is 0. The van der Waals surface area contributed by atoms with Crippen molar-refractivity contribution in [2.75, 3.05) is 26.2 Å². The predicted molar refractivity (Wildman–Crippen MR) is 108 cm³/mol. The Labute approximate surface area is 171 Å². The van der Waals surface area contributed by atoms with E-state index in [1.807, 2.05) is 33.8 Å². The molecule has 4 heterocycles. The van der Waals surface area contributed by atoms with Gasteiger partial charge in [-0.05, 0) is 31.6 Å². The molecule has 0 aromatic carbocycles. The minimum Gasteiger partial charge on any atom is -0.343 e. The summed E-state index contributed by atoms with van der Waals surface area (Å²) in [6, 6.07) is 0. The van der Waals surface area contributed by atoms with Crippen molar-refractivity contribution in [1.29, 1.82) is 0 Å². The van der Waals surface area contributed by atoms with Crippen LogP contribution in [0.25, 0.3) is 11.5 Å². The summed E-state index contributed by atoms with van der Waals surface area (Å²) in [5, 5.41) is 0. The second kappa shape index (κ2) is 8.31. The first-order valence-electron chi connectivity index (χ1n) is 10.3. The van der Waals surface area contributed by atoms with E-state index in [0.29, 0.717) is 19.0 Å². The van der Waals surface area contributed by atoms with E-state index in [-0.39, 0.29) is 17.7 Å². The zero-order chi connectivity index (χ0) is 20.4. The number of piperidine rings is 1. The number of aryl methyl sites for hydroxylation is 1. The Hall–Kier alpha value is -2.77. The van der Waals surface area contributed by atoms with Gasteiger partial charge in [0.2, 0.25) is 11.8 Å². The first-order chi connectivity index (χ1) is 14.0. The fourth-order valence-corrected chi connectivity index (χ4v) is 4.42. The lowest BCUT2D eigenvalue weighted by atomic mass is 9.95. The van der Waals surface area contributed by atoms with E-state index in [1.54, 1.807) is 19.3 Å². The summed E-state index contributed by atoms with van der Waals surface area (Å²) in [5.74, 6) is 1.62. The fourth-order valence-electron chi connectivity index (χ4n) is 4.42. The molecule has 0 bridgehead atoms. The molecule has 4 rings (SSSR count). The summed E-state index contributed by atoms with van der Waals surface area (Å²) in [6.07, 6.45) is 10.6. The molecule has 2 amide bonds. The molecule has 2 saturated heterocycles. The highest BCUT2D eigenvalue weighted by Crippen LogP contribution is 2.26. The van der Waals surface area contributed by atoms with Crippen LogP contribution in [0.1, 0.15) is 31.9 Å². The third-order valence-corrected chi connectivity index (χ3v) is 6.12. The number of aromatic nitrogens is 4. The number of hydrogen-bond donors (Lipinski definition) is 0. The Morgan fingerprint density at radius 2 is 1.86 bits per heavy atom. The smallest absolute Gasteiger partial charge is 0.225 e. The molecule has 8 nitrogen and oxygen atoms in total. The topological polar surface area (TPSA) is 84.2 Å². The van der Waals surface area contributed by atoms with Crippen LogP contribution in [0.3, 0.4) is 0 Å². The zero-order valence-corrected chi connectivity index (χ0v) is 17.1. The quantitative estimate of drug-likeness (QED) is 0.782. The summed E-state index contributed by atoms with van der Waals surface area (Å²) in [4.78, 5) is 41.7. The number of likely N-dealkylation sites (tertiary alicyclic amines) is 2. The van der Waals surface area contributed by atoms with Gasteiger partial charge in [0.05, 0.1) is 11.9 Å². The van der Waals surface area contributed by atoms with E-state index in [9.17, 15) is 9.59 Å². The summed E-state index contributed by atoms with van der Waals surface area (Å²) in [6.45, 7) is 4.57. The van der Waals surface area contributed by atoms with E-state index < -0.39 is 0 Å². The molecule has 8 heteroatoms. The number of carbonyl (C=O) groups is 2. The molecule has 2 fully saturated rings. The Bertz CT molecular complexity index is 887. The number of rotatable bonds is 4. The zero-order valence-electron chi connectivity index (χ0n) is 17.1. The van der Waals surface area contributed by atoms with Gasteiger partial charge in [-0.1, -0.05) is 0 Å². The van der Waals surface area contributed by atoms with Crippen LogP contribution in [-0.4, -0.2) is 67.3 Å². The molecule has 154 valence electrons. The van der Waals surface area contributed by atoms with E-state index in [2.05, 4.69) is 9.97 Å². The van der Waals surface area contributed by atoms with Crippen LogP contribution >= 0.6 is 0 Å². The van der Waals surface area contributed by atoms with E-state index in [4.69, 9.17) is 4.98 Å². The maximum Gasteiger partial charge on any atom is 0.225 e. The number of imidazole rings is 1. The highest BCUT2D eigenvalue weighted by atomic mass is 16.2. The highest BCUT2D eigenvalue weighted by Gasteiger charge is 2.33. The van der Waals surface area contributed by atoms with Crippen molar-refractivity contribution in [3.63, 3.8) is 0 Å². The SMILES string of the molecule is CC(=O)N1CCC(C(=O)N2CC[C@@H](Cc3cncc(-c4nccn4C)n3)C2)CC1. The first kappa shape index (κ1) is 19.5. The molecule has 0 N–H and O–H groups in total. The van der Waals surface area contributed by atoms with Crippen molar-refractivity contribution in [2.24, 2.45) is 18.9 Å². The molecular formula is C21H28N6O2. The summed E-state index contributed by atoms with van der Waals surface area (Å²) in [7, 11) is 1.94. The molecule has 2 aliphatic heterocycles. The molecule has 2 aromatic heterocycles. The van der Waals surface area contributed by atoms with E-state index in [0.717, 1.165) is 56.0 Å². The lowest BCUT2D eigenvalue weighted by Crippen LogP contribution is -2.43. The van der Waals surface area contributed by atoms with Gasteiger partial charge in [0.15, 0.2) is 5.82 Å². The molecule has 29 heavy (non-hydrogen) atoms. The van der Waals surface area contributed by atoms with Crippen molar-refractivity contribution >= 4 is 11.8 Å². The number of amides is 2. The third-order valence-electron chi connectivity index (χ3n) is 6.12. The number of hydrogen-bond acceptors (Lipinski definition) is 5. The van der Waals surface area contributed by atoms with Gasteiger partial charge >= 0.3 is 0 Å². The van der Waals surface area contributed by atoms with Gasteiger partial charge in [-0.3, -0.25) is 14.6 Å². The molecule has 1 atom stereocenters. The lowest BCUT2D eigenvalue weighted by Gasteiger charge is -2.32. The van der Waals surface area contributed by atoms with Gasteiger partial charge < -0.3 is 14.4 Å². The van der Waals surface area contributed by atoms with Crippen molar-refractivity contribution in [3.8, 4) is 11.5 Å². The Kier molecular flexibility index (Phi) is 5.60. The van der Waals surface area contributed by atoms with Crippen LogP contribution in [0.2, 0.25) is 0 Å². The van der Waals surface area contributed by atoms with Crippen LogP contribution < -0.4 is 0 Å². The van der Waals surface area contributed by atoms with Crippen LogP contribution in [-0.2, 0) is 23.1 Å². The van der Waals surface area contributed by atoms with Gasteiger partial charge in [0, 0.05) is 64.7 Å². The molecule has 0 aliphatic carbocycles. The monoisotopic (exact) mass is 396 g/mol. The molecule has 0 spiro atoms. The Morgan fingerprint density at radius 3 is 2.55 bits per heavy atom. The average Bonchev–Trinajstić information content (AvgIpc) is 3.37. The van der Waals surface area contributed by atoms with E-state index in [1.165, 1.54) is 0 Å². The van der Waals surface area contributed by atoms with Crippen molar-refractivity contribution in [1.82, 2.24) is 29.3 Å². The summed E-state index contributed by atoms with van der Waals surface area (Å²) in [5.41, 5.74) is 1.72. The van der Waals surface area contributed by atoms with Crippen LogP contribution in [0.5, 0.6) is 0 Å². The Morgan fingerprint density at radius 1 is 1.10 bits per heavy atom. The second-order valence-electron chi connectivity index (χ2n) is 8.18. The fraction of sp³-hybridized carbons (Fsp3) is 0.571. The molecule has 0 unspecified atom stereocenters. The summed E-state index contributed by atoms with van der Waals surface area (Å²) < 4.78 is 1.93. The normalized spacial score (nSPS) is 20.3. The van der Waals surface area contributed by atoms with Gasteiger partial charge in [0.1, 0.15) is 5.69 Å². The average molecular weight is 396 g/mol. The van der Waals surface area contributed by atoms with Gasteiger partial charge in [0.25, 0.3) is 0 Å². The number of nitrogens with zero attached hydrogens (tertiary/aromatic N) is 6. The van der Waals surface area contributed by atoms with Crippen molar-refractivity contribution in [3.05, 3.63) is 30.5 Å². The van der Waals surface area contributed by atoms with Gasteiger partial charge in [-0.25, -0.2) is 9.97 Å². The van der Waals surface area contributed by atoms with Crippen LogP contribution in [0.4, 0.5) is 0 Å². The standard InChI is InChI=1S/C21H28N6O2/c1-15(28)26-8-4-17(5-9-26)21(29)27-7-3-16(14-27)11-18-12-22-13-19(24-18)20-23-6-10-25(20)2/h6,10,12-13,16-17H,3-5,7-9,11,14H2,1-2H3/t16-/m0/s1.